The molecule has 162 valence electrons. The minimum Gasteiger partial charge on any atom is -0.482 e. The summed E-state index contributed by atoms with van der Waals surface area (Å²) in [7, 11) is 1.55. The lowest BCUT2D eigenvalue weighted by Crippen LogP contribution is -2.47. The van der Waals surface area contributed by atoms with Crippen molar-refractivity contribution in [2.75, 3.05) is 13.7 Å². The second-order valence-electron chi connectivity index (χ2n) is 7.92. The Labute approximate surface area is 199 Å². The second kappa shape index (κ2) is 8.49. The molecular weight excluding hydrogens is 503 g/mol. The van der Waals surface area contributed by atoms with E-state index < -0.39 is 5.54 Å². The summed E-state index contributed by atoms with van der Waals surface area (Å²) in [5.74, 6) is 0.300. The first-order chi connectivity index (χ1) is 14.7. The molecule has 0 radical (unpaired) electrons. The molecule has 1 fully saturated rings. The fourth-order valence-electron chi connectivity index (χ4n) is 4.67. The monoisotopic (exact) mass is 522 g/mol. The van der Waals surface area contributed by atoms with Crippen molar-refractivity contribution in [2.24, 2.45) is 0 Å². The fourth-order valence-corrected chi connectivity index (χ4v) is 5.46. The van der Waals surface area contributed by atoms with E-state index >= 15 is 0 Å². The molecule has 1 saturated heterocycles. The summed E-state index contributed by atoms with van der Waals surface area (Å²) in [4.78, 5) is 27.7. The number of ketones is 1. The van der Waals surface area contributed by atoms with Crippen LogP contribution >= 0.6 is 39.1 Å². The minimum absolute atomic E-state index is 0.0570. The molecule has 2 aliphatic rings. The van der Waals surface area contributed by atoms with Crippen molar-refractivity contribution in [2.45, 2.75) is 31.3 Å². The number of hydrogen-bond acceptors (Lipinski definition) is 4. The number of Topliss-reactive ketones (excluding diaryl/α,β-unsaturated/α-hetero) is 1. The molecule has 2 aromatic rings. The Balaban J connectivity index is 1.81. The van der Waals surface area contributed by atoms with Crippen molar-refractivity contribution >= 4 is 56.4 Å². The molecule has 0 bridgehead atoms. The second-order valence-corrected chi connectivity index (χ2v) is 9.71. The van der Waals surface area contributed by atoms with Gasteiger partial charge in [0, 0.05) is 46.9 Å². The number of ether oxygens (including phenoxy) is 1. The maximum absolute atomic E-state index is 14.0. The number of carbonyl (C=O) groups excluding carboxylic acids is 2. The molecule has 1 N–H and O–H groups in total. The molecule has 2 heterocycles. The van der Waals surface area contributed by atoms with Crippen LogP contribution in [0.25, 0.3) is 5.57 Å². The maximum atomic E-state index is 14.0. The first kappa shape index (κ1) is 22.2. The Morgan fingerprint density at radius 1 is 1.23 bits per heavy atom. The third-order valence-corrected chi connectivity index (χ3v) is 6.74. The molecule has 2 aromatic carbocycles. The highest BCUT2D eigenvalue weighted by atomic mass is 79.9. The van der Waals surface area contributed by atoms with Crippen LogP contribution in [0.3, 0.4) is 0 Å². The quantitative estimate of drug-likeness (QED) is 0.609. The number of nitrogens with zero attached hydrogens (tertiary/aromatic N) is 1. The normalized spacial score (nSPS) is 22.7. The van der Waals surface area contributed by atoms with E-state index in [2.05, 4.69) is 21.2 Å². The highest BCUT2D eigenvalue weighted by Crippen LogP contribution is 2.48. The largest absolute Gasteiger partial charge is 0.482 e. The standard InChI is InChI=1S/C23H21BrCl2N2O3/c1-13(29)27-19-11-23(10-14-3-5-16(24)6-4-14)21(30)20(22(31-2)28(23)12-19)15-7-17(25)9-18(26)8-15/h3-9,19H,10-12H2,1-2H3,(H,27,29)/t19-,23-/m0/s1. The van der Waals surface area contributed by atoms with Gasteiger partial charge in [-0.2, -0.15) is 0 Å². The van der Waals surface area contributed by atoms with Crippen LogP contribution in [-0.2, 0) is 20.7 Å². The average molecular weight is 524 g/mol. The van der Waals surface area contributed by atoms with E-state index in [0.29, 0.717) is 46.5 Å². The zero-order chi connectivity index (χ0) is 22.3. The lowest BCUT2D eigenvalue weighted by molar-refractivity contribution is -0.122. The number of carbonyl (C=O) groups is 2. The third kappa shape index (κ3) is 4.09. The summed E-state index contributed by atoms with van der Waals surface area (Å²) < 4.78 is 6.72. The number of hydrogen-bond donors (Lipinski definition) is 1. The van der Waals surface area contributed by atoms with Gasteiger partial charge in [0.25, 0.3) is 0 Å². The maximum Gasteiger partial charge on any atom is 0.217 e. The van der Waals surface area contributed by atoms with Crippen LogP contribution in [0.4, 0.5) is 0 Å². The van der Waals surface area contributed by atoms with Crippen molar-refractivity contribution in [3.05, 3.63) is 74.0 Å². The molecule has 0 spiro atoms. The van der Waals surface area contributed by atoms with Gasteiger partial charge in [0.1, 0.15) is 5.54 Å². The number of nitrogens with one attached hydrogen (secondary N) is 1. The molecule has 1 amide bonds. The van der Waals surface area contributed by atoms with Crippen molar-refractivity contribution in [1.29, 1.82) is 0 Å². The number of rotatable bonds is 5. The van der Waals surface area contributed by atoms with Crippen molar-refractivity contribution in [3.8, 4) is 0 Å². The number of fused-ring (bicyclic) bond motifs is 1. The van der Waals surface area contributed by atoms with E-state index in [-0.39, 0.29) is 17.7 Å². The Hall–Kier alpha value is -2.02. The smallest absolute Gasteiger partial charge is 0.217 e. The zero-order valence-electron chi connectivity index (χ0n) is 17.0. The van der Waals surface area contributed by atoms with Gasteiger partial charge >= 0.3 is 0 Å². The summed E-state index contributed by atoms with van der Waals surface area (Å²) in [6.45, 7) is 1.96. The van der Waals surface area contributed by atoms with Crippen LogP contribution in [0.5, 0.6) is 0 Å². The van der Waals surface area contributed by atoms with Crippen LogP contribution in [0.2, 0.25) is 10.0 Å². The fraction of sp³-hybridized carbons (Fsp3) is 0.304. The van der Waals surface area contributed by atoms with Crippen LogP contribution in [0, 0.1) is 0 Å². The van der Waals surface area contributed by atoms with Crippen LogP contribution in [-0.4, -0.2) is 41.8 Å². The summed E-state index contributed by atoms with van der Waals surface area (Å²) in [6.07, 6.45) is 0.964. The van der Waals surface area contributed by atoms with Gasteiger partial charge in [0.15, 0.2) is 5.78 Å². The first-order valence-corrected chi connectivity index (χ1v) is 11.4. The lowest BCUT2D eigenvalue weighted by atomic mass is 9.81. The molecule has 5 nitrogen and oxygen atoms in total. The average Bonchev–Trinajstić information content (AvgIpc) is 3.13. The summed E-state index contributed by atoms with van der Waals surface area (Å²) in [5, 5.41) is 3.86. The van der Waals surface area contributed by atoms with Gasteiger partial charge in [0.2, 0.25) is 11.8 Å². The SMILES string of the molecule is COC1=C(c2cc(Cl)cc(Cl)c2)C(=O)[C@]2(Cc3ccc(Br)cc3)C[C@H](NC(C)=O)CN12. The molecule has 0 aromatic heterocycles. The molecule has 8 heteroatoms. The van der Waals surface area contributed by atoms with Crippen molar-refractivity contribution < 1.29 is 14.3 Å². The third-order valence-electron chi connectivity index (χ3n) is 5.77. The van der Waals surface area contributed by atoms with E-state index in [4.69, 9.17) is 27.9 Å². The summed E-state index contributed by atoms with van der Waals surface area (Å²) in [6, 6.07) is 12.8. The van der Waals surface area contributed by atoms with Crippen LogP contribution in [0.15, 0.2) is 52.8 Å². The summed E-state index contributed by atoms with van der Waals surface area (Å²) in [5.41, 5.74) is 1.24. The van der Waals surface area contributed by atoms with E-state index in [1.807, 2.05) is 29.2 Å². The lowest BCUT2D eigenvalue weighted by Gasteiger charge is -2.32. The zero-order valence-corrected chi connectivity index (χ0v) is 20.1. The predicted octanol–water partition coefficient (Wildman–Crippen LogP) is 4.85. The van der Waals surface area contributed by atoms with Crippen molar-refractivity contribution in [3.63, 3.8) is 0 Å². The Kier molecular flexibility index (Phi) is 6.08. The van der Waals surface area contributed by atoms with E-state index in [0.717, 1.165) is 10.0 Å². The molecule has 2 atom stereocenters. The molecule has 0 saturated carbocycles. The Morgan fingerprint density at radius 3 is 2.45 bits per heavy atom. The number of halogens is 3. The van der Waals surface area contributed by atoms with Gasteiger partial charge < -0.3 is 15.0 Å². The molecule has 2 aliphatic heterocycles. The number of benzene rings is 2. The Bertz CT molecular complexity index is 1070. The number of amides is 1. The van der Waals surface area contributed by atoms with Gasteiger partial charge in [0.05, 0.1) is 12.7 Å². The van der Waals surface area contributed by atoms with E-state index in [1.165, 1.54) is 6.92 Å². The van der Waals surface area contributed by atoms with Gasteiger partial charge in [-0.1, -0.05) is 51.3 Å². The predicted molar refractivity (Wildman–Crippen MR) is 125 cm³/mol. The molecule has 4 rings (SSSR count). The highest BCUT2D eigenvalue weighted by Gasteiger charge is 2.59. The van der Waals surface area contributed by atoms with Crippen molar-refractivity contribution in [1.82, 2.24) is 10.2 Å². The molecule has 0 unspecified atom stereocenters. The van der Waals surface area contributed by atoms with Crippen LogP contribution in [0.1, 0.15) is 24.5 Å². The Morgan fingerprint density at radius 2 is 1.87 bits per heavy atom. The van der Waals surface area contributed by atoms with Crippen LogP contribution < -0.4 is 5.32 Å². The van der Waals surface area contributed by atoms with E-state index in [1.54, 1.807) is 25.3 Å². The van der Waals surface area contributed by atoms with Gasteiger partial charge in [-0.3, -0.25) is 9.59 Å². The highest BCUT2D eigenvalue weighted by molar-refractivity contribution is 9.10. The van der Waals surface area contributed by atoms with Gasteiger partial charge in [-0.05, 0) is 41.5 Å². The molecular formula is C23H21BrCl2N2O3. The molecule has 31 heavy (non-hydrogen) atoms. The minimum atomic E-state index is -0.865. The topological polar surface area (TPSA) is 58.6 Å². The van der Waals surface area contributed by atoms with E-state index in [9.17, 15) is 9.59 Å². The first-order valence-electron chi connectivity index (χ1n) is 9.82. The van der Waals surface area contributed by atoms with Gasteiger partial charge in [-0.25, -0.2) is 0 Å². The van der Waals surface area contributed by atoms with Gasteiger partial charge in [-0.15, -0.1) is 0 Å². The summed E-state index contributed by atoms with van der Waals surface area (Å²) >= 11 is 15.9. The number of methoxy groups -OCH3 is 1. The molecule has 0 aliphatic carbocycles.